The van der Waals surface area contributed by atoms with E-state index in [0.717, 1.165) is 15.6 Å². The fourth-order valence-electron chi connectivity index (χ4n) is 1.93. The van der Waals surface area contributed by atoms with E-state index in [2.05, 4.69) is 21.2 Å². The van der Waals surface area contributed by atoms with Gasteiger partial charge in [-0.1, -0.05) is 45.2 Å². The van der Waals surface area contributed by atoms with Crippen LogP contribution in [0.4, 0.5) is 4.39 Å². The first-order valence-corrected chi connectivity index (χ1v) is 7.15. The molecule has 0 aliphatic carbocycles. The highest BCUT2D eigenvalue weighted by molar-refractivity contribution is 9.10. The van der Waals surface area contributed by atoms with E-state index in [4.69, 9.17) is 23.2 Å². The molecule has 1 nitrogen and oxygen atoms in total. The lowest BCUT2D eigenvalue weighted by atomic mass is 9.99. The third kappa shape index (κ3) is 3.29. The van der Waals surface area contributed by atoms with Crippen molar-refractivity contribution < 1.29 is 4.39 Å². The molecular formula is C14H11BrCl2FN. The highest BCUT2D eigenvalue weighted by atomic mass is 79.9. The van der Waals surface area contributed by atoms with Gasteiger partial charge in [-0.15, -0.1) is 0 Å². The van der Waals surface area contributed by atoms with Crippen LogP contribution in [0.1, 0.15) is 17.2 Å². The fourth-order valence-corrected chi connectivity index (χ4v) is 2.71. The molecule has 0 aliphatic heterocycles. The second-order valence-corrected chi connectivity index (χ2v) is 5.73. The van der Waals surface area contributed by atoms with E-state index in [9.17, 15) is 4.39 Å². The predicted molar refractivity (Wildman–Crippen MR) is 81.5 cm³/mol. The smallest absolute Gasteiger partial charge is 0.123 e. The van der Waals surface area contributed by atoms with E-state index < -0.39 is 0 Å². The van der Waals surface area contributed by atoms with Gasteiger partial charge in [0.2, 0.25) is 0 Å². The van der Waals surface area contributed by atoms with E-state index in [1.165, 1.54) is 12.1 Å². The summed E-state index contributed by atoms with van der Waals surface area (Å²) < 4.78 is 14.2. The van der Waals surface area contributed by atoms with E-state index in [1.807, 2.05) is 13.1 Å². The normalized spacial score (nSPS) is 12.5. The maximum absolute atomic E-state index is 13.4. The van der Waals surface area contributed by atoms with Gasteiger partial charge in [0, 0.05) is 4.47 Å². The van der Waals surface area contributed by atoms with Gasteiger partial charge in [-0.3, -0.25) is 0 Å². The molecule has 0 aliphatic rings. The minimum atomic E-state index is -0.279. The molecule has 1 atom stereocenters. The summed E-state index contributed by atoms with van der Waals surface area (Å²) in [7, 11) is 1.81. The maximum Gasteiger partial charge on any atom is 0.123 e. The zero-order chi connectivity index (χ0) is 14.0. The van der Waals surface area contributed by atoms with E-state index in [0.29, 0.717) is 10.0 Å². The number of rotatable bonds is 3. The molecule has 5 heteroatoms. The second kappa shape index (κ2) is 6.23. The summed E-state index contributed by atoms with van der Waals surface area (Å²) in [4.78, 5) is 0. The highest BCUT2D eigenvalue weighted by Crippen LogP contribution is 2.32. The predicted octanol–water partition coefficient (Wildman–Crippen LogP) is 5.20. The number of hydrogen-bond donors (Lipinski definition) is 1. The lowest BCUT2D eigenvalue weighted by Crippen LogP contribution is -2.18. The first kappa shape index (κ1) is 14.8. The van der Waals surface area contributed by atoms with Crippen LogP contribution in [0.15, 0.2) is 40.9 Å². The van der Waals surface area contributed by atoms with Crippen molar-refractivity contribution in [2.24, 2.45) is 0 Å². The Kier molecular flexibility index (Phi) is 4.85. The van der Waals surface area contributed by atoms with Crippen molar-refractivity contribution in [2.45, 2.75) is 6.04 Å². The van der Waals surface area contributed by atoms with Crippen LogP contribution in [-0.2, 0) is 0 Å². The van der Waals surface area contributed by atoms with Gasteiger partial charge in [-0.25, -0.2) is 4.39 Å². The van der Waals surface area contributed by atoms with Crippen LogP contribution < -0.4 is 5.32 Å². The quantitative estimate of drug-likeness (QED) is 0.790. The summed E-state index contributed by atoms with van der Waals surface area (Å²) in [5.41, 5.74) is 1.73. The average Bonchev–Trinajstić information content (AvgIpc) is 2.38. The van der Waals surface area contributed by atoms with Crippen LogP contribution in [0.3, 0.4) is 0 Å². The topological polar surface area (TPSA) is 12.0 Å². The number of halogens is 4. The van der Waals surface area contributed by atoms with Crippen molar-refractivity contribution in [1.29, 1.82) is 0 Å². The van der Waals surface area contributed by atoms with Crippen LogP contribution in [0.2, 0.25) is 10.0 Å². The molecule has 0 amide bonds. The zero-order valence-electron chi connectivity index (χ0n) is 10.1. The summed E-state index contributed by atoms with van der Waals surface area (Å²) in [6.45, 7) is 0. The highest BCUT2D eigenvalue weighted by Gasteiger charge is 2.16. The molecule has 0 heterocycles. The monoisotopic (exact) mass is 361 g/mol. The third-order valence-corrected chi connectivity index (χ3v) is 4.30. The van der Waals surface area contributed by atoms with Crippen molar-refractivity contribution in [1.82, 2.24) is 5.32 Å². The van der Waals surface area contributed by atoms with Crippen molar-refractivity contribution in [2.75, 3.05) is 7.05 Å². The molecular weight excluding hydrogens is 352 g/mol. The molecule has 2 rings (SSSR count). The molecule has 2 aromatic carbocycles. The second-order valence-electron chi connectivity index (χ2n) is 4.06. The summed E-state index contributed by atoms with van der Waals surface area (Å²) in [5.74, 6) is -0.279. The Morgan fingerprint density at radius 2 is 1.84 bits per heavy atom. The molecule has 0 radical (unpaired) electrons. The maximum atomic E-state index is 13.4. The van der Waals surface area contributed by atoms with Gasteiger partial charge < -0.3 is 5.32 Å². The lowest BCUT2D eigenvalue weighted by molar-refractivity contribution is 0.615. The zero-order valence-corrected chi connectivity index (χ0v) is 13.2. The summed E-state index contributed by atoms with van der Waals surface area (Å²) in [5, 5.41) is 4.13. The Balaban J connectivity index is 2.49. The number of benzene rings is 2. The van der Waals surface area contributed by atoms with Crippen LogP contribution in [-0.4, -0.2) is 7.05 Å². The van der Waals surface area contributed by atoms with Gasteiger partial charge in [-0.2, -0.15) is 0 Å². The molecule has 0 spiro atoms. The van der Waals surface area contributed by atoms with Crippen LogP contribution in [0.25, 0.3) is 0 Å². The Bertz CT molecular complexity index is 604. The van der Waals surface area contributed by atoms with E-state index in [1.54, 1.807) is 18.2 Å². The van der Waals surface area contributed by atoms with Crippen LogP contribution in [0.5, 0.6) is 0 Å². The van der Waals surface area contributed by atoms with Gasteiger partial charge in [0.05, 0.1) is 16.1 Å². The average molecular weight is 363 g/mol. The van der Waals surface area contributed by atoms with E-state index >= 15 is 0 Å². The minimum Gasteiger partial charge on any atom is -0.309 e. The molecule has 2 aromatic rings. The van der Waals surface area contributed by atoms with Gasteiger partial charge in [0.25, 0.3) is 0 Å². The Hall–Kier alpha value is -0.610. The molecule has 1 N–H and O–H groups in total. The molecule has 0 aromatic heterocycles. The van der Waals surface area contributed by atoms with Gasteiger partial charge >= 0.3 is 0 Å². The fraction of sp³-hybridized carbons (Fsp3) is 0.143. The summed E-state index contributed by atoms with van der Waals surface area (Å²) in [6, 6.07) is 9.81. The van der Waals surface area contributed by atoms with Gasteiger partial charge in [-0.05, 0) is 48.5 Å². The van der Waals surface area contributed by atoms with Crippen molar-refractivity contribution in [3.63, 3.8) is 0 Å². The largest absolute Gasteiger partial charge is 0.309 e. The van der Waals surface area contributed by atoms with E-state index in [-0.39, 0.29) is 11.9 Å². The Morgan fingerprint density at radius 3 is 2.47 bits per heavy atom. The Labute approximate surface area is 129 Å². The van der Waals surface area contributed by atoms with Gasteiger partial charge in [0.1, 0.15) is 5.82 Å². The first-order chi connectivity index (χ1) is 9.02. The molecule has 19 heavy (non-hydrogen) atoms. The molecule has 0 bridgehead atoms. The first-order valence-electron chi connectivity index (χ1n) is 5.60. The standard InChI is InChI=1S/C14H11BrCl2FN/c1-19-14(8-2-5-12(16)13(17)6-8)10-7-9(18)3-4-11(10)15/h2-7,14,19H,1H3. The van der Waals surface area contributed by atoms with Crippen molar-refractivity contribution in [3.05, 3.63) is 67.9 Å². The molecule has 100 valence electrons. The van der Waals surface area contributed by atoms with Crippen molar-refractivity contribution in [3.8, 4) is 0 Å². The summed E-state index contributed by atoms with van der Waals surface area (Å²) >= 11 is 15.4. The SMILES string of the molecule is CNC(c1ccc(Cl)c(Cl)c1)c1cc(F)ccc1Br. The Morgan fingerprint density at radius 1 is 1.11 bits per heavy atom. The van der Waals surface area contributed by atoms with Gasteiger partial charge in [0.15, 0.2) is 0 Å². The molecule has 0 saturated carbocycles. The summed E-state index contributed by atoms with van der Waals surface area (Å²) in [6.07, 6.45) is 0. The number of hydrogen-bond acceptors (Lipinski definition) is 1. The van der Waals surface area contributed by atoms with Crippen LogP contribution >= 0.6 is 39.1 Å². The molecule has 0 saturated heterocycles. The van der Waals surface area contributed by atoms with Crippen LogP contribution in [0, 0.1) is 5.82 Å². The minimum absolute atomic E-state index is 0.167. The number of nitrogens with one attached hydrogen (secondary N) is 1. The molecule has 1 unspecified atom stereocenters. The lowest BCUT2D eigenvalue weighted by Gasteiger charge is -2.19. The third-order valence-electron chi connectivity index (χ3n) is 2.83. The molecule has 0 fully saturated rings. The van der Waals surface area contributed by atoms with Crippen molar-refractivity contribution >= 4 is 39.1 Å².